The number of carbonyl (C=O) groups is 1. The minimum atomic E-state index is -3.66. The van der Waals surface area contributed by atoms with Crippen LogP contribution in [0.4, 0.5) is 0 Å². The molecular formula is C11H19N3O4S. The highest BCUT2D eigenvalue weighted by atomic mass is 32.2. The van der Waals surface area contributed by atoms with Crippen LogP contribution < -0.4 is 4.72 Å². The summed E-state index contributed by atoms with van der Waals surface area (Å²) >= 11 is 0. The van der Waals surface area contributed by atoms with E-state index in [9.17, 15) is 13.2 Å². The van der Waals surface area contributed by atoms with E-state index in [4.69, 9.17) is 5.11 Å². The van der Waals surface area contributed by atoms with Gasteiger partial charge in [-0.3, -0.25) is 9.48 Å². The molecule has 1 rings (SSSR count). The number of sulfonamides is 1. The van der Waals surface area contributed by atoms with E-state index in [2.05, 4.69) is 9.82 Å². The van der Waals surface area contributed by atoms with Gasteiger partial charge in [0.05, 0.1) is 6.20 Å². The lowest BCUT2D eigenvalue weighted by Crippen LogP contribution is -2.37. The first kappa shape index (κ1) is 15.6. The molecule has 1 aromatic rings. The van der Waals surface area contributed by atoms with E-state index in [0.717, 1.165) is 10.9 Å². The van der Waals surface area contributed by atoms with Crippen LogP contribution in [0.3, 0.4) is 0 Å². The Morgan fingerprint density at radius 1 is 1.53 bits per heavy atom. The quantitative estimate of drug-likeness (QED) is 0.768. The van der Waals surface area contributed by atoms with Crippen LogP contribution >= 0.6 is 0 Å². The molecule has 0 aliphatic rings. The molecule has 0 amide bonds. The van der Waals surface area contributed by atoms with Gasteiger partial charge >= 0.3 is 5.97 Å². The van der Waals surface area contributed by atoms with Crippen molar-refractivity contribution < 1.29 is 18.3 Å². The van der Waals surface area contributed by atoms with Gasteiger partial charge in [-0.25, -0.2) is 13.1 Å². The third-order valence-corrected chi connectivity index (χ3v) is 4.21. The van der Waals surface area contributed by atoms with E-state index in [0.29, 0.717) is 6.42 Å². The van der Waals surface area contributed by atoms with E-state index < -0.39 is 16.0 Å². The summed E-state index contributed by atoms with van der Waals surface area (Å²) in [6, 6.07) is -0.159. The normalized spacial score (nSPS) is 13.7. The Morgan fingerprint density at radius 2 is 2.16 bits per heavy atom. The van der Waals surface area contributed by atoms with Crippen molar-refractivity contribution in [2.24, 2.45) is 5.92 Å². The van der Waals surface area contributed by atoms with Gasteiger partial charge in [0.2, 0.25) is 10.0 Å². The van der Waals surface area contributed by atoms with E-state index >= 15 is 0 Å². The monoisotopic (exact) mass is 289 g/mol. The molecule has 7 nitrogen and oxygen atoms in total. The maximum Gasteiger partial charge on any atom is 0.325 e. The highest BCUT2D eigenvalue weighted by Gasteiger charge is 2.22. The number of rotatable bonds is 7. The van der Waals surface area contributed by atoms with Crippen LogP contribution in [0.25, 0.3) is 0 Å². The lowest BCUT2D eigenvalue weighted by molar-refractivity contribution is -0.137. The van der Waals surface area contributed by atoms with Crippen molar-refractivity contribution >= 4 is 16.0 Å². The number of hydrogen-bond donors (Lipinski definition) is 2. The Hall–Kier alpha value is -1.41. The maximum atomic E-state index is 12.1. The van der Waals surface area contributed by atoms with Crippen LogP contribution in [-0.4, -0.2) is 35.3 Å². The average molecular weight is 289 g/mol. The van der Waals surface area contributed by atoms with Gasteiger partial charge in [0.25, 0.3) is 0 Å². The fourth-order valence-electron chi connectivity index (χ4n) is 1.67. The molecule has 0 aliphatic heterocycles. The average Bonchev–Trinajstić information content (AvgIpc) is 2.73. The first-order valence-corrected chi connectivity index (χ1v) is 7.51. The molecule has 2 N–H and O–H groups in total. The van der Waals surface area contributed by atoms with Crippen molar-refractivity contribution in [3.05, 3.63) is 12.4 Å². The topological polar surface area (TPSA) is 101 Å². The van der Waals surface area contributed by atoms with E-state index in [-0.39, 0.29) is 23.4 Å². The fraction of sp³-hybridized carbons (Fsp3) is 0.636. The van der Waals surface area contributed by atoms with Crippen molar-refractivity contribution in [2.45, 2.75) is 44.7 Å². The van der Waals surface area contributed by atoms with Crippen molar-refractivity contribution in [2.75, 3.05) is 0 Å². The molecule has 1 atom stereocenters. The van der Waals surface area contributed by atoms with E-state index in [1.54, 1.807) is 0 Å². The number of aliphatic carboxylic acids is 1. The van der Waals surface area contributed by atoms with Crippen LogP contribution in [0.1, 0.15) is 27.2 Å². The molecule has 108 valence electrons. The summed E-state index contributed by atoms with van der Waals surface area (Å²) < 4.78 is 27.9. The third-order valence-electron chi connectivity index (χ3n) is 2.77. The first-order valence-electron chi connectivity index (χ1n) is 6.02. The van der Waals surface area contributed by atoms with Gasteiger partial charge in [0.15, 0.2) is 0 Å². The number of nitrogens with one attached hydrogen (secondary N) is 1. The van der Waals surface area contributed by atoms with Gasteiger partial charge in [-0.15, -0.1) is 0 Å². The molecule has 0 aromatic carbocycles. The second-order valence-corrected chi connectivity index (χ2v) is 6.36. The van der Waals surface area contributed by atoms with E-state index in [1.807, 2.05) is 20.8 Å². The summed E-state index contributed by atoms with van der Waals surface area (Å²) in [5.41, 5.74) is 0. The van der Waals surface area contributed by atoms with Gasteiger partial charge in [-0.05, 0) is 12.3 Å². The molecule has 0 aliphatic carbocycles. The molecule has 1 aromatic heterocycles. The molecule has 1 unspecified atom stereocenters. The van der Waals surface area contributed by atoms with Gasteiger partial charge in [0, 0.05) is 12.2 Å². The smallest absolute Gasteiger partial charge is 0.325 e. The highest BCUT2D eigenvalue weighted by Crippen LogP contribution is 2.12. The van der Waals surface area contributed by atoms with Crippen LogP contribution in [0, 0.1) is 5.92 Å². The zero-order valence-electron chi connectivity index (χ0n) is 11.2. The molecule has 0 fully saturated rings. The summed E-state index contributed by atoms with van der Waals surface area (Å²) in [6.07, 6.45) is 3.04. The summed E-state index contributed by atoms with van der Waals surface area (Å²) in [6.45, 7) is 5.41. The maximum absolute atomic E-state index is 12.1. The Labute approximate surface area is 112 Å². The standard InChI is InChI=1S/C11H19N3O4S/c1-4-10(8(2)3)13-19(17,18)9-5-12-14(6-9)7-11(15)16/h5-6,8,10,13H,4,7H2,1-3H3,(H,15,16). The number of carboxylic acid groups (broad SMARTS) is 1. The minimum absolute atomic E-state index is 0.0205. The summed E-state index contributed by atoms with van der Waals surface area (Å²) in [5, 5.41) is 12.3. The predicted octanol–water partition coefficient (Wildman–Crippen LogP) is 0.681. The number of nitrogens with zero attached hydrogens (tertiary/aromatic N) is 2. The first-order chi connectivity index (χ1) is 8.76. The summed E-state index contributed by atoms with van der Waals surface area (Å²) in [7, 11) is -3.66. The van der Waals surface area contributed by atoms with Crippen LogP contribution in [-0.2, 0) is 21.4 Å². The van der Waals surface area contributed by atoms with Crippen molar-refractivity contribution in [1.82, 2.24) is 14.5 Å². The van der Waals surface area contributed by atoms with Crippen molar-refractivity contribution in [1.29, 1.82) is 0 Å². The number of hydrogen-bond acceptors (Lipinski definition) is 4. The van der Waals surface area contributed by atoms with Crippen molar-refractivity contribution in [3.8, 4) is 0 Å². The van der Waals surface area contributed by atoms with Gasteiger partial charge in [-0.1, -0.05) is 20.8 Å². The molecule has 0 radical (unpaired) electrons. The lowest BCUT2D eigenvalue weighted by atomic mass is 10.0. The molecule has 0 bridgehead atoms. The number of carboxylic acids is 1. The van der Waals surface area contributed by atoms with Crippen LogP contribution in [0.5, 0.6) is 0 Å². The molecule has 19 heavy (non-hydrogen) atoms. The second-order valence-electron chi connectivity index (χ2n) is 4.65. The Kier molecular flexibility index (Phi) is 5.07. The Balaban J connectivity index is 2.88. The van der Waals surface area contributed by atoms with E-state index in [1.165, 1.54) is 6.20 Å². The zero-order valence-corrected chi connectivity index (χ0v) is 12.0. The largest absolute Gasteiger partial charge is 0.480 e. The second kappa shape index (κ2) is 6.16. The molecule has 0 saturated carbocycles. The van der Waals surface area contributed by atoms with Gasteiger partial charge in [0.1, 0.15) is 11.4 Å². The molecule has 1 heterocycles. The fourth-order valence-corrected chi connectivity index (χ4v) is 3.09. The summed E-state index contributed by atoms with van der Waals surface area (Å²) in [4.78, 5) is 10.5. The minimum Gasteiger partial charge on any atom is -0.480 e. The Bertz CT molecular complexity index is 536. The zero-order chi connectivity index (χ0) is 14.6. The Morgan fingerprint density at radius 3 is 2.63 bits per heavy atom. The van der Waals surface area contributed by atoms with Crippen LogP contribution in [0.15, 0.2) is 17.3 Å². The molecule has 8 heteroatoms. The predicted molar refractivity (Wildman–Crippen MR) is 69.1 cm³/mol. The number of aromatic nitrogens is 2. The molecule has 0 spiro atoms. The van der Waals surface area contributed by atoms with Gasteiger partial charge < -0.3 is 5.11 Å². The molecular weight excluding hydrogens is 270 g/mol. The molecule has 0 saturated heterocycles. The SMILES string of the molecule is CCC(NS(=O)(=O)c1cnn(CC(=O)O)c1)C(C)C. The third kappa shape index (κ3) is 4.32. The summed E-state index contributed by atoms with van der Waals surface area (Å²) in [5.74, 6) is -0.900. The van der Waals surface area contributed by atoms with Crippen LogP contribution in [0.2, 0.25) is 0 Å². The van der Waals surface area contributed by atoms with Gasteiger partial charge in [-0.2, -0.15) is 5.10 Å². The highest BCUT2D eigenvalue weighted by molar-refractivity contribution is 7.89. The lowest BCUT2D eigenvalue weighted by Gasteiger charge is -2.19. The van der Waals surface area contributed by atoms with Crippen molar-refractivity contribution in [3.63, 3.8) is 0 Å².